The maximum absolute atomic E-state index is 14.0. The molecule has 13 nitrogen and oxygen atoms in total. The Bertz CT molecular complexity index is 1760. The third-order valence-electron chi connectivity index (χ3n) is 7.29. The zero-order chi connectivity index (χ0) is 33.1. The van der Waals surface area contributed by atoms with Crippen molar-refractivity contribution in [3.05, 3.63) is 62.3 Å². The van der Waals surface area contributed by atoms with Crippen LogP contribution in [0.5, 0.6) is 0 Å². The van der Waals surface area contributed by atoms with Gasteiger partial charge in [-0.2, -0.15) is 4.98 Å². The lowest BCUT2D eigenvalue weighted by molar-refractivity contribution is 0.0499. The fourth-order valence-corrected chi connectivity index (χ4v) is 5.26. The minimum Gasteiger partial charge on any atom is -0.444 e. The number of fused-ring (bicyclic) bond motifs is 1. The zero-order valence-corrected chi connectivity index (χ0v) is 27.7. The number of aryl methyl sites for hydroxylation is 1. The van der Waals surface area contributed by atoms with Crippen molar-refractivity contribution < 1.29 is 14.3 Å². The molecule has 0 saturated carbocycles. The van der Waals surface area contributed by atoms with Gasteiger partial charge in [-0.1, -0.05) is 23.8 Å². The molecule has 3 aromatic rings. The van der Waals surface area contributed by atoms with E-state index >= 15 is 0 Å². The Hall–Kier alpha value is -4.46. The molecule has 0 spiro atoms. The Labute approximate surface area is 267 Å². The van der Waals surface area contributed by atoms with E-state index < -0.39 is 35.3 Å². The number of carbonyl (C=O) groups is 2. The van der Waals surface area contributed by atoms with Gasteiger partial charge in [-0.25, -0.2) is 9.59 Å². The number of ether oxygens (including phenoxy) is 1. The number of anilines is 2. The molecule has 1 atom stereocenters. The second-order valence-corrected chi connectivity index (χ2v) is 12.8. The van der Waals surface area contributed by atoms with Crippen molar-refractivity contribution in [1.29, 1.82) is 0 Å². The number of aromatic nitrogens is 4. The molecule has 1 aromatic carbocycles. The molecule has 242 valence electrons. The van der Waals surface area contributed by atoms with Gasteiger partial charge in [-0.3, -0.25) is 18.7 Å². The number of Topliss-reactive ketones (excluding diaryl/α,β-unsaturated/α-hetero) is 1. The van der Waals surface area contributed by atoms with Crippen molar-refractivity contribution in [1.82, 2.24) is 29.3 Å². The molecular formula is C31H42N8O5S. The number of amides is 1. The predicted molar refractivity (Wildman–Crippen MR) is 179 cm³/mol. The Morgan fingerprint density at radius 3 is 2.58 bits per heavy atom. The van der Waals surface area contributed by atoms with Crippen LogP contribution in [0.4, 0.5) is 16.4 Å². The van der Waals surface area contributed by atoms with E-state index in [-0.39, 0.29) is 17.2 Å². The number of carbonyl (C=O) groups excluding carboxylic acids is 2. The van der Waals surface area contributed by atoms with Crippen LogP contribution in [-0.4, -0.2) is 67.5 Å². The third-order valence-corrected chi connectivity index (χ3v) is 7.60. The summed E-state index contributed by atoms with van der Waals surface area (Å²) in [6.07, 6.45) is 3.01. The minimum atomic E-state index is -0.645. The Morgan fingerprint density at radius 2 is 1.91 bits per heavy atom. The fourth-order valence-electron chi connectivity index (χ4n) is 5.14. The highest BCUT2D eigenvalue weighted by Crippen LogP contribution is 2.24. The third kappa shape index (κ3) is 7.98. The van der Waals surface area contributed by atoms with Gasteiger partial charge in [0.15, 0.2) is 22.1 Å². The number of benzene rings is 1. The van der Waals surface area contributed by atoms with Gasteiger partial charge in [0.1, 0.15) is 5.60 Å². The van der Waals surface area contributed by atoms with Gasteiger partial charge in [-0.05, 0) is 71.8 Å². The number of allylic oxidation sites excluding steroid dienone is 2. The first kappa shape index (κ1) is 33.4. The van der Waals surface area contributed by atoms with Gasteiger partial charge in [0.05, 0.1) is 6.54 Å². The Kier molecular flexibility index (Phi) is 10.2. The monoisotopic (exact) mass is 638 g/mol. The molecular weight excluding hydrogens is 596 g/mol. The van der Waals surface area contributed by atoms with Gasteiger partial charge in [0, 0.05) is 51.0 Å². The van der Waals surface area contributed by atoms with Gasteiger partial charge in [-0.15, -0.1) is 0 Å². The summed E-state index contributed by atoms with van der Waals surface area (Å²) in [4.78, 5) is 60.1. The van der Waals surface area contributed by atoms with Gasteiger partial charge < -0.3 is 30.2 Å². The number of nitrogens with one attached hydrogen (secondary N) is 3. The van der Waals surface area contributed by atoms with Crippen molar-refractivity contribution in [2.24, 2.45) is 7.05 Å². The van der Waals surface area contributed by atoms with Crippen molar-refractivity contribution in [2.45, 2.75) is 72.2 Å². The van der Waals surface area contributed by atoms with Crippen LogP contribution in [0, 0.1) is 0 Å². The standard InChI is InChI=1S/C31H42N8O5S/c1-19(2)13-15-38-24-25(35-28(38)37-14-9-12-22(17-37)34-29(42)44-31(3,4)5)36(7)30(43)39(26(24)41)18-23(40)20-10-8-11-21(16-20)33-27(45)32-6/h8,10-11,13,16,22H,9,12,14-15,17-18H2,1-7H3,(H,34,42)(H2,32,33,45). The van der Waals surface area contributed by atoms with E-state index in [0.29, 0.717) is 41.9 Å². The SMILES string of the molecule is CNC(=S)Nc1cccc(C(=O)Cn2c(=O)c3c(nc(N4CCCC(NC(=O)OC(C)(C)C)C4)n3CC=C(C)C)n(C)c2=O)c1. The first-order valence-electron chi connectivity index (χ1n) is 14.9. The molecule has 1 amide bonds. The van der Waals surface area contributed by atoms with Crippen LogP contribution in [0.1, 0.15) is 57.8 Å². The number of ketones is 1. The highest BCUT2D eigenvalue weighted by molar-refractivity contribution is 7.80. The fraction of sp³-hybridized carbons (Fsp3) is 0.484. The van der Waals surface area contributed by atoms with Crippen LogP contribution < -0.4 is 32.1 Å². The highest BCUT2D eigenvalue weighted by Gasteiger charge is 2.29. The van der Waals surface area contributed by atoms with Crippen molar-refractivity contribution in [3.8, 4) is 0 Å². The summed E-state index contributed by atoms with van der Waals surface area (Å²) in [5.74, 6) is 0.101. The molecule has 3 heterocycles. The summed E-state index contributed by atoms with van der Waals surface area (Å²) in [6, 6.07) is 6.50. The normalized spacial score (nSPS) is 15.0. The van der Waals surface area contributed by atoms with Gasteiger partial charge in [0.2, 0.25) is 5.95 Å². The molecule has 45 heavy (non-hydrogen) atoms. The average molecular weight is 639 g/mol. The molecule has 1 unspecified atom stereocenters. The van der Waals surface area contributed by atoms with Crippen LogP contribution in [0.25, 0.3) is 11.2 Å². The molecule has 2 aromatic heterocycles. The Morgan fingerprint density at radius 1 is 1.18 bits per heavy atom. The van der Waals surface area contributed by atoms with Crippen molar-refractivity contribution >= 4 is 52.0 Å². The lowest BCUT2D eigenvalue weighted by atomic mass is 10.1. The number of imidazole rings is 1. The average Bonchev–Trinajstić information content (AvgIpc) is 3.36. The van der Waals surface area contributed by atoms with E-state index in [1.165, 1.54) is 4.57 Å². The molecule has 0 radical (unpaired) electrons. The summed E-state index contributed by atoms with van der Waals surface area (Å²) in [6.45, 7) is 10.3. The van der Waals surface area contributed by atoms with Crippen LogP contribution in [0.2, 0.25) is 0 Å². The zero-order valence-electron chi connectivity index (χ0n) is 26.9. The number of nitrogens with zero attached hydrogens (tertiary/aromatic N) is 5. The van der Waals surface area contributed by atoms with E-state index in [9.17, 15) is 19.2 Å². The summed E-state index contributed by atoms with van der Waals surface area (Å²) in [7, 11) is 3.22. The molecule has 3 N–H and O–H groups in total. The molecule has 1 saturated heterocycles. The molecule has 0 bridgehead atoms. The number of rotatable bonds is 8. The first-order valence-corrected chi connectivity index (χ1v) is 15.3. The van der Waals surface area contributed by atoms with Gasteiger partial charge in [0.25, 0.3) is 5.56 Å². The molecule has 0 aliphatic carbocycles. The quantitative estimate of drug-likeness (QED) is 0.191. The highest BCUT2D eigenvalue weighted by atomic mass is 32.1. The molecule has 14 heteroatoms. The number of hydrogen-bond acceptors (Lipinski definition) is 8. The van der Waals surface area contributed by atoms with Crippen molar-refractivity contribution in [2.75, 3.05) is 30.4 Å². The first-order chi connectivity index (χ1) is 21.2. The van der Waals surface area contributed by atoms with Crippen LogP contribution in [-0.2, 0) is 24.9 Å². The molecule has 4 rings (SSSR count). The van der Waals surface area contributed by atoms with Crippen LogP contribution >= 0.6 is 12.2 Å². The van der Waals surface area contributed by atoms with E-state index in [1.807, 2.05) is 45.6 Å². The molecule has 1 fully saturated rings. The molecule has 1 aliphatic heterocycles. The summed E-state index contributed by atoms with van der Waals surface area (Å²) < 4.78 is 9.49. The number of hydrogen-bond donors (Lipinski definition) is 3. The van der Waals surface area contributed by atoms with Crippen LogP contribution in [0.15, 0.2) is 45.5 Å². The minimum absolute atomic E-state index is 0.198. The summed E-state index contributed by atoms with van der Waals surface area (Å²) in [5.41, 5.74) is 0.528. The summed E-state index contributed by atoms with van der Waals surface area (Å²) >= 11 is 5.15. The lowest BCUT2D eigenvalue weighted by Gasteiger charge is -2.34. The maximum Gasteiger partial charge on any atom is 0.407 e. The van der Waals surface area contributed by atoms with E-state index in [2.05, 4.69) is 16.0 Å². The predicted octanol–water partition coefficient (Wildman–Crippen LogP) is 3.16. The van der Waals surface area contributed by atoms with E-state index in [0.717, 1.165) is 23.0 Å². The number of alkyl carbamates (subject to hydrolysis) is 1. The smallest absolute Gasteiger partial charge is 0.407 e. The lowest BCUT2D eigenvalue weighted by Crippen LogP contribution is -2.49. The second-order valence-electron chi connectivity index (χ2n) is 12.3. The van der Waals surface area contributed by atoms with E-state index in [4.69, 9.17) is 21.9 Å². The topological polar surface area (TPSA) is 145 Å². The molecule has 1 aliphatic rings. The van der Waals surface area contributed by atoms with Crippen molar-refractivity contribution in [3.63, 3.8) is 0 Å². The maximum atomic E-state index is 14.0. The van der Waals surface area contributed by atoms with Crippen LogP contribution in [0.3, 0.4) is 0 Å². The number of piperidine rings is 1. The largest absolute Gasteiger partial charge is 0.444 e. The van der Waals surface area contributed by atoms with E-state index in [1.54, 1.807) is 42.9 Å². The van der Waals surface area contributed by atoms with Gasteiger partial charge >= 0.3 is 11.8 Å². The Balaban J connectivity index is 1.73. The summed E-state index contributed by atoms with van der Waals surface area (Å²) in [5, 5.41) is 9.12. The number of thiocarbonyl (C=S) groups is 1. The second kappa shape index (κ2) is 13.7.